The molecule has 0 fully saturated rings. The zero-order valence-electron chi connectivity index (χ0n) is 8.09. The van der Waals surface area contributed by atoms with Crippen LogP contribution in [0.4, 0.5) is 0 Å². The minimum absolute atomic E-state index is 0.0899. The number of hydrogen-bond acceptors (Lipinski definition) is 2. The average molecular weight is 213 g/mol. The number of benzene rings is 1. The second-order valence-corrected chi connectivity index (χ2v) is 3.58. The quantitative estimate of drug-likeness (QED) is 0.616. The molecule has 3 heteroatoms. The van der Waals surface area contributed by atoms with Crippen LogP contribution < -0.4 is 0 Å². The van der Waals surface area contributed by atoms with Gasteiger partial charge < -0.3 is 5.11 Å². The van der Waals surface area contributed by atoms with Crippen molar-refractivity contribution in [3.8, 4) is 5.75 Å². The summed E-state index contributed by atoms with van der Waals surface area (Å²) in [6.07, 6.45) is 2.37. The number of aldehydes is 1. The lowest BCUT2D eigenvalue weighted by Crippen LogP contribution is -1.94. The fraction of sp³-hybridized carbons (Fsp3) is 0.364. The summed E-state index contributed by atoms with van der Waals surface area (Å²) >= 11 is 5.58. The van der Waals surface area contributed by atoms with E-state index in [1.165, 1.54) is 0 Å². The largest absolute Gasteiger partial charge is 0.507 e. The number of phenolic OH excluding ortho intramolecular Hbond substituents is 1. The predicted molar refractivity (Wildman–Crippen MR) is 57.3 cm³/mol. The van der Waals surface area contributed by atoms with Crippen LogP contribution in [0.15, 0.2) is 12.1 Å². The van der Waals surface area contributed by atoms with E-state index in [0.717, 1.165) is 24.0 Å². The standard InChI is InChI=1S/C11H13ClO2/c1-8-9(3-2-6-12)4-5-10(7-13)11(8)14/h4-5,7,14H,2-3,6H2,1H3. The first kappa shape index (κ1) is 11.1. The lowest BCUT2D eigenvalue weighted by molar-refractivity contribution is 0.112. The van der Waals surface area contributed by atoms with E-state index in [-0.39, 0.29) is 5.75 Å². The first-order valence-electron chi connectivity index (χ1n) is 4.53. The van der Waals surface area contributed by atoms with Gasteiger partial charge >= 0.3 is 0 Å². The highest BCUT2D eigenvalue weighted by Gasteiger charge is 2.07. The molecule has 1 rings (SSSR count). The predicted octanol–water partition coefficient (Wildman–Crippen LogP) is 2.68. The molecule has 0 atom stereocenters. The highest BCUT2D eigenvalue weighted by molar-refractivity contribution is 6.17. The van der Waals surface area contributed by atoms with Crippen molar-refractivity contribution in [3.05, 3.63) is 28.8 Å². The number of carbonyl (C=O) groups excluding carboxylic acids is 1. The number of alkyl halides is 1. The van der Waals surface area contributed by atoms with Crippen molar-refractivity contribution in [1.82, 2.24) is 0 Å². The zero-order chi connectivity index (χ0) is 10.6. The van der Waals surface area contributed by atoms with E-state index in [1.807, 2.05) is 13.0 Å². The van der Waals surface area contributed by atoms with E-state index in [2.05, 4.69) is 0 Å². The second-order valence-electron chi connectivity index (χ2n) is 3.20. The van der Waals surface area contributed by atoms with Gasteiger partial charge in [-0.15, -0.1) is 11.6 Å². The molecule has 0 saturated heterocycles. The zero-order valence-corrected chi connectivity index (χ0v) is 8.84. The number of phenols is 1. The summed E-state index contributed by atoms with van der Waals surface area (Å²) in [6.45, 7) is 1.81. The average Bonchev–Trinajstić information content (AvgIpc) is 2.20. The van der Waals surface area contributed by atoms with Crippen LogP contribution in [0.2, 0.25) is 0 Å². The second kappa shape index (κ2) is 5.01. The summed E-state index contributed by atoms with van der Waals surface area (Å²) in [7, 11) is 0. The fourth-order valence-corrected chi connectivity index (χ4v) is 1.52. The Hall–Kier alpha value is -1.02. The molecule has 0 radical (unpaired) electrons. The van der Waals surface area contributed by atoms with Gasteiger partial charge in [0.2, 0.25) is 0 Å². The smallest absolute Gasteiger partial charge is 0.153 e. The molecule has 0 spiro atoms. The molecule has 76 valence electrons. The van der Waals surface area contributed by atoms with Gasteiger partial charge in [-0.2, -0.15) is 0 Å². The van der Waals surface area contributed by atoms with Crippen molar-refractivity contribution in [2.75, 3.05) is 5.88 Å². The van der Waals surface area contributed by atoms with E-state index >= 15 is 0 Å². The summed E-state index contributed by atoms with van der Waals surface area (Å²) in [5.41, 5.74) is 2.17. The van der Waals surface area contributed by atoms with Gasteiger partial charge in [0.05, 0.1) is 5.56 Å². The molecule has 1 aromatic rings. The van der Waals surface area contributed by atoms with Crippen LogP contribution in [0.5, 0.6) is 5.75 Å². The van der Waals surface area contributed by atoms with E-state index < -0.39 is 0 Å². The number of carbonyl (C=O) groups is 1. The molecule has 0 saturated carbocycles. The molecular weight excluding hydrogens is 200 g/mol. The lowest BCUT2D eigenvalue weighted by Gasteiger charge is -2.08. The third-order valence-electron chi connectivity index (χ3n) is 2.28. The Morgan fingerprint density at radius 1 is 1.50 bits per heavy atom. The highest BCUT2D eigenvalue weighted by Crippen LogP contribution is 2.24. The normalized spacial score (nSPS) is 10.1. The summed E-state index contributed by atoms with van der Waals surface area (Å²) in [5, 5.41) is 9.61. The van der Waals surface area contributed by atoms with Crippen LogP contribution in [0.3, 0.4) is 0 Å². The highest BCUT2D eigenvalue weighted by atomic mass is 35.5. The van der Waals surface area contributed by atoms with Gasteiger partial charge in [-0.25, -0.2) is 0 Å². The molecule has 0 unspecified atom stereocenters. The SMILES string of the molecule is Cc1c(CCCCl)ccc(C=O)c1O. The molecule has 0 aliphatic carbocycles. The third kappa shape index (κ3) is 2.26. The van der Waals surface area contributed by atoms with Gasteiger partial charge in [-0.05, 0) is 37.0 Å². The molecule has 1 aromatic carbocycles. The summed E-state index contributed by atoms with van der Waals surface area (Å²) in [5.74, 6) is 0.697. The maximum absolute atomic E-state index is 10.5. The number of halogens is 1. The molecule has 0 bridgehead atoms. The Morgan fingerprint density at radius 2 is 2.21 bits per heavy atom. The van der Waals surface area contributed by atoms with Crippen molar-refractivity contribution < 1.29 is 9.90 Å². The number of aryl methyl sites for hydroxylation is 1. The van der Waals surface area contributed by atoms with E-state index in [1.54, 1.807) is 6.07 Å². The molecule has 0 aliphatic rings. The van der Waals surface area contributed by atoms with Gasteiger partial charge in [0.15, 0.2) is 6.29 Å². The van der Waals surface area contributed by atoms with E-state index in [9.17, 15) is 9.90 Å². The fourth-order valence-electron chi connectivity index (χ4n) is 1.39. The topological polar surface area (TPSA) is 37.3 Å². The summed E-state index contributed by atoms with van der Waals surface area (Å²) in [6, 6.07) is 3.50. The maximum atomic E-state index is 10.5. The first-order chi connectivity index (χ1) is 6.70. The third-order valence-corrected chi connectivity index (χ3v) is 2.55. The van der Waals surface area contributed by atoms with Crippen LogP contribution in [0.1, 0.15) is 27.9 Å². The van der Waals surface area contributed by atoms with Gasteiger partial charge in [0, 0.05) is 5.88 Å². The number of aromatic hydroxyl groups is 1. The van der Waals surface area contributed by atoms with Crippen LogP contribution in [-0.4, -0.2) is 17.3 Å². The molecule has 0 aromatic heterocycles. The van der Waals surface area contributed by atoms with Gasteiger partial charge in [0.25, 0.3) is 0 Å². The summed E-state index contributed by atoms with van der Waals surface area (Å²) < 4.78 is 0. The lowest BCUT2D eigenvalue weighted by atomic mass is 10.0. The maximum Gasteiger partial charge on any atom is 0.153 e. The Balaban J connectivity index is 2.98. The van der Waals surface area contributed by atoms with Gasteiger partial charge in [0.1, 0.15) is 5.75 Å². The van der Waals surface area contributed by atoms with Crippen LogP contribution in [-0.2, 0) is 6.42 Å². The molecule has 14 heavy (non-hydrogen) atoms. The Kier molecular flexibility index (Phi) is 3.96. The van der Waals surface area contributed by atoms with Gasteiger partial charge in [-0.3, -0.25) is 4.79 Å². The molecule has 0 amide bonds. The van der Waals surface area contributed by atoms with Crippen molar-refractivity contribution in [2.45, 2.75) is 19.8 Å². The van der Waals surface area contributed by atoms with Crippen molar-refractivity contribution in [1.29, 1.82) is 0 Å². The minimum atomic E-state index is 0.0899. The van der Waals surface area contributed by atoms with Crippen molar-refractivity contribution in [2.24, 2.45) is 0 Å². The Bertz CT molecular complexity index is 334. The van der Waals surface area contributed by atoms with Crippen molar-refractivity contribution in [3.63, 3.8) is 0 Å². The molecule has 0 heterocycles. The van der Waals surface area contributed by atoms with Crippen LogP contribution in [0.25, 0.3) is 0 Å². The number of hydrogen-bond donors (Lipinski definition) is 1. The van der Waals surface area contributed by atoms with Crippen molar-refractivity contribution >= 4 is 17.9 Å². The molecule has 0 aliphatic heterocycles. The van der Waals surface area contributed by atoms with E-state index in [0.29, 0.717) is 17.7 Å². The molecule has 1 N–H and O–H groups in total. The van der Waals surface area contributed by atoms with Crippen LogP contribution >= 0.6 is 11.6 Å². The van der Waals surface area contributed by atoms with Crippen LogP contribution in [0, 0.1) is 6.92 Å². The monoisotopic (exact) mass is 212 g/mol. The minimum Gasteiger partial charge on any atom is -0.507 e. The first-order valence-corrected chi connectivity index (χ1v) is 5.06. The Morgan fingerprint density at radius 3 is 2.79 bits per heavy atom. The Labute approximate surface area is 88.5 Å². The summed E-state index contributed by atoms with van der Waals surface area (Å²) in [4.78, 5) is 10.5. The number of rotatable bonds is 4. The van der Waals surface area contributed by atoms with Gasteiger partial charge in [-0.1, -0.05) is 6.07 Å². The van der Waals surface area contributed by atoms with E-state index in [4.69, 9.17) is 11.6 Å². The molecule has 2 nitrogen and oxygen atoms in total. The molecular formula is C11H13ClO2.